The van der Waals surface area contributed by atoms with E-state index in [1.807, 2.05) is 6.07 Å². The number of rotatable bonds is 10. The molecule has 0 aliphatic carbocycles. The van der Waals surface area contributed by atoms with Crippen LogP contribution in [0.2, 0.25) is 0 Å². The van der Waals surface area contributed by atoms with E-state index in [9.17, 15) is 37.5 Å². The van der Waals surface area contributed by atoms with Gasteiger partial charge in [0.15, 0.2) is 6.61 Å². The predicted octanol–water partition coefficient (Wildman–Crippen LogP) is 0.517. The Labute approximate surface area is 262 Å². The van der Waals surface area contributed by atoms with Gasteiger partial charge in [0.25, 0.3) is 5.56 Å². The zero-order valence-corrected chi connectivity index (χ0v) is 25.4. The van der Waals surface area contributed by atoms with E-state index in [4.69, 9.17) is 10.5 Å². The summed E-state index contributed by atoms with van der Waals surface area (Å²) in [6.45, 7) is -2.41. The van der Waals surface area contributed by atoms with Gasteiger partial charge in [0.1, 0.15) is 24.0 Å². The molecule has 0 spiro atoms. The average Bonchev–Trinajstić information content (AvgIpc) is 3.46. The van der Waals surface area contributed by atoms with E-state index in [-0.39, 0.29) is 17.9 Å². The highest BCUT2D eigenvalue weighted by Gasteiger charge is 2.44. The van der Waals surface area contributed by atoms with Gasteiger partial charge in [-0.15, -0.1) is 0 Å². The summed E-state index contributed by atoms with van der Waals surface area (Å²) in [6, 6.07) is 18.6. The highest BCUT2D eigenvalue weighted by Crippen LogP contribution is 2.29. The number of anilines is 1. The second-order valence-electron chi connectivity index (χ2n) is 10.6. The Bertz CT molecular complexity index is 2060. The number of ketones is 1. The van der Waals surface area contributed by atoms with E-state index < -0.39 is 82.2 Å². The van der Waals surface area contributed by atoms with Crippen LogP contribution in [0.3, 0.4) is 0 Å². The summed E-state index contributed by atoms with van der Waals surface area (Å²) in [7, 11) is -3.23. The molecule has 3 aromatic carbocycles. The fourth-order valence-electron chi connectivity index (χ4n) is 5.26. The Balaban J connectivity index is 1.41. The SMILES string of the molecule is COC(=O)Cn1c(=O)c(C(=O)COC(=O)[C@@H]2C[C@H](O)CN2S(=O)(=O)c2ccc3ccccc3c2)c(N)n(Cc2ccccc2)c1=O. The third kappa shape index (κ3) is 6.33. The normalized spacial score (nSPS) is 16.7. The Morgan fingerprint density at radius 2 is 1.63 bits per heavy atom. The molecule has 0 bridgehead atoms. The number of sulfonamides is 1. The molecule has 240 valence electrons. The molecule has 5 rings (SSSR count). The van der Waals surface area contributed by atoms with Crippen molar-refractivity contribution < 1.29 is 37.4 Å². The zero-order valence-electron chi connectivity index (χ0n) is 24.6. The minimum absolute atomic E-state index is 0.103. The molecule has 15 heteroatoms. The number of nitrogen functional groups attached to an aromatic ring is 1. The quantitative estimate of drug-likeness (QED) is 0.179. The molecule has 46 heavy (non-hydrogen) atoms. The van der Waals surface area contributed by atoms with Gasteiger partial charge in [-0.3, -0.25) is 23.7 Å². The van der Waals surface area contributed by atoms with Crippen LogP contribution in [0.15, 0.2) is 87.3 Å². The van der Waals surface area contributed by atoms with Gasteiger partial charge in [0.2, 0.25) is 15.8 Å². The third-order valence-corrected chi connectivity index (χ3v) is 9.49. The Morgan fingerprint density at radius 1 is 0.957 bits per heavy atom. The van der Waals surface area contributed by atoms with Gasteiger partial charge in [-0.25, -0.2) is 17.8 Å². The van der Waals surface area contributed by atoms with Crippen LogP contribution in [-0.4, -0.2) is 77.1 Å². The number of aliphatic hydroxyl groups is 1. The summed E-state index contributed by atoms with van der Waals surface area (Å²) in [5.74, 6) is -3.69. The van der Waals surface area contributed by atoms with Crippen LogP contribution in [0.4, 0.5) is 5.82 Å². The lowest BCUT2D eigenvalue weighted by atomic mass is 10.1. The summed E-state index contributed by atoms with van der Waals surface area (Å²) >= 11 is 0. The molecule has 0 radical (unpaired) electrons. The van der Waals surface area contributed by atoms with E-state index in [0.29, 0.717) is 15.5 Å². The number of hydrogen-bond acceptors (Lipinski definition) is 11. The standard InChI is InChI=1S/C31H30N4O10S/c1-44-26(38)17-34-29(39)27(28(32)33(31(34)41)15-19-7-3-2-4-8-19)25(37)18-45-30(40)24-14-22(36)16-35(24)46(42,43)23-12-11-20-9-5-6-10-21(20)13-23/h2-13,22,24,36H,14-18,32H2,1H3/t22-,24-/m0/s1. The van der Waals surface area contributed by atoms with Gasteiger partial charge in [0, 0.05) is 13.0 Å². The number of aromatic nitrogens is 2. The summed E-state index contributed by atoms with van der Waals surface area (Å²) in [5.41, 5.74) is 3.86. The van der Waals surface area contributed by atoms with E-state index in [1.54, 1.807) is 54.6 Å². The van der Waals surface area contributed by atoms with Crippen molar-refractivity contribution in [2.45, 2.75) is 36.6 Å². The van der Waals surface area contributed by atoms with Crippen molar-refractivity contribution in [2.24, 2.45) is 0 Å². The molecule has 14 nitrogen and oxygen atoms in total. The number of aliphatic hydroxyl groups excluding tert-OH is 1. The highest BCUT2D eigenvalue weighted by molar-refractivity contribution is 7.89. The van der Waals surface area contributed by atoms with Crippen LogP contribution in [0.25, 0.3) is 10.8 Å². The van der Waals surface area contributed by atoms with Crippen molar-refractivity contribution in [1.29, 1.82) is 0 Å². The summed E-state index contributed by atoms with van der Waals surface area (Å²) < 4.78 is 39.1. The molecule has 2 heterocycles. The van der Waals surface area contributed by atoms with E-state index in [1.165, 1.54) is 12.1 Å². The molecule has 1 fully saturated rings. The number of esters is 2. The van der Waals surface area contributed by atoms with Crippen molar-refractivity contribution in [1.82, 2.24) is 13.4 Å². The number of Topliss-reactive ketones (excluding diaryl/α,β-unsaturated/α-hetero) is 1. The maximum Gasteiger partial charge on any atom is 0.333 e. The minimum Gasteiger partial charge on any atom is -0.468 e. The zero-order chi connectivity index (χ0) is 33.2. The first-order chi connectivity index (χ1) is 21.9. The smallest absolute Gasteiger partial charge is 0.333 e. The van der Waals surface area contributed by atoms with E-state index in [0.717, 1.165) is 21.4 Å². The number of fused-ring (bicyclic) bond motifs is 1. The van der Waals surface area contributed by atoms with Crippen molar-refractivity contribution in [3.63, 3.8) is 0 Å². The lowest BCUT2D eigenvalue weighted by Gasteiger charge is -2.22. The molecule has 1 aliphatic rings. The summed E-state index contributed by atoms with van der Waals surface area (Å²) in [5, 5.41) is 11.8. The van der Waals surface area contributed by atoms with Gasteiger partial charge >= 0.3 is 17.6 Å². The molecule has 1 aliphatic heterocycles. The molecular weight excluding hydrogens is 620 g/mol. The van der Waals surface area contributed by atoms with Crippen molar-refractivity contribution in [3.8, 4) is 0 Å². The third-order valence-electron chi connectivity index (χ3n) is 7.62. The monoisotopic (exact) mass is 650 g/mol. The number of carbonyl (C=O) groups excluding carboxylic acids is 3. The number of ether oxygens (including phenoxy) is 2. The first-order valence-electron chi connectivity index (χ1n) is 14.0. The summed E-state index contributed by atoms with van der Waals surface area (Å²) in [6.07, 6.45) is -1.48. The molecule has 3 N–H and O–H groups in total. The molecule has 0 amide bonds. The van der Waals surface area contributed by atoms with E-state index in [2.05, 4.69) is 4.74 Å². The van der Waals surface area contributed by atoms with Crippen LogP contribution in [0, 0.1) is 0 Å². The van der Waals surface area contributed by atoms with Gasteiger partial charge in [-0.05, 0) is 28.5 Å². The molecule has 0 unspecified atom stereocenters. The lowest BCUT2D eigenvalue weighted by Crippen LogP contribution is -2.46. The van der Waals surface area contributed by atoms with Crippen molar-refractivity contribution >= 4 is 44.3 Å². The van der Waals surface area contributed by atoms with Crippen molar-refractivity contribution in [3.05, 3.63) is 105 Å². The van der Waals surface area contributed by atoms with Crippen LogP contribution >= 0.6 is 0 Å². The van der Waals surface area contributed by atoms with Gasteiger partial charge < -0.3 is 20.3 Å². The molecule has 0 saturated carbocycles. The van der Waals surface area contributed by atoms with E-state index >= 15 is 0 Å². The Kier molecular flexibility index (Phi) is 9.18. The fraction of sp³-hybridized carbons (Fsp3) is 0.258. The maximum atomic E-state index is 13.6. The van der Waals surface area contributed by atoms with Gasteiger partial charge in [0.05, 0.1) is 24.7 Å². The fourth-order valence-corrected chi connectivity index (χ4v) is 6.92. The average molecular weight is 651 g/mol. The number of hydrogen-bond donors (Lipinski definition) is 2. The number of benzene rings is 3. The maximum absolute atomic E-state index is 13.6. The second kappa shape index (κ2) is 13.1. The number of carbonyl (C=O) groups is 3. The minimum atomic E-state index is -4.29. The largest absolute Gasteiger partial charge is 0.468 e. The van der Waals surface area contributed by atoms with Gasteiger partial charge in [-0.2, -0.15) is 4.31 Å². The van der Waals surface area contributed by atoms with Crippen molar-refractivity contribution in [2.75, 3.05) is 26.0 Å². The number of methoxy groups -OCH3 is 1. The molecule has 1 aromatic heterocycles. The number of nitrogens with zero attached hydrogens (tertiary/aromatic N) is 3. The molecular formula is C31H30N4O10S. The second-order valence-corrected chi connectivity index (χ2v) is 12.5. The predicted molar refractivity (Wildman–Crippen MR) is 164 cm³/mol. The molecule has 4 aromatic rings. The molecule has 1 saturated heterocycles. The van der Waals surface area contributed by atoms with Crippen LogP contribution in [0.5, 0.6) is 0 Å². The Morgan fingerprint density at radius 3 is 2.33 bits per heavy atom. The topological polar surface area (TPSA) is 197 Å². The first kappa shape index (κ1) is 32.3. The molecule has 2 atom stereocenters. The Hall–Kier alpha value is -5.12. The highest BCUT2D eigenvalue weighted by atomic mass is 32.2. The lowest BCUT2D eigenvalue weighted by molar-refractivity contribution is -0.146. The number of nitrogens with two attached hydrogens (primary N) is 1. The van der Waals surface area contributed by atoms with Crippen LogP contribution in [-0.2, 0) is 42.2 Å². The van der Waals surface area contributed by atoms with Crippen LogP contribution < -0.4 is 17.0 Å². The number of β-amino-alcohol motifs (C(OH)–C–C–N with tert-alkyl or cyclic N) is 1. The van der Waals surface area contributed by atoms with Crippen LogP contribution in [0.1, 0.15) is 22.3 Å². The summed E-state index contributed by atoms with van der Waals surface area (Å²) in [4.78, 5) is 64.9. The first-order valence-corrected chi connectivity index (χ1v) is 15.5. The van der Waals surface area contributed by atoms with Gasteiger partial charge in [-0.1, -0.05) is 60.7 Å².